The van der Waals surface area contributed by atoms with Crippen LogP contribution in [0.1, 0.15) is 39.5 Å². The zero-order chi connectivity index (χ0) is 22.7. The Morgan fingerprint density at radius 3 is 2.97 bits per heavy atom. The van der Waals surface area contributed by atoms with Gasteiger partial charge < -0.3 is 14.3 Å². The summed E-state index contributed by atoms with van der Waals surface area (Å²) >= 11 is 0. The molecule has 1 amide bonds. The summed E-state index contributed by atoms with van der Waals surface area (Å²) in [6, 6.07) is 5.80. The van der Waals surface area contributed by atoms with E-state index in [1.165, 1.54) is 10.6 Å². The average Bonchev–Trinajstić information content (AvgIpc) is 3.60. The highest BCUT2D eigenvalue weighted by atomic mass is 19.1. The SMILES string of the molecule is Cc1c(-c2nnc(C(=O)N3CCc4[nH]cnc4[C@@H]3c3cc4cccc(F)n4n3)o2)cnn1C. The van der Waals surface area contributed by atoms with Crippen molar-refractivity contribution in [2.24, 2.45) is 7.05 Å². The van der Waals surface area contributed by atoms with Crippen molar-refractivity contribution in [1.82, 2.24) is 44.5 Å². The number of fused-ring (bicyclic) bond motifs is 2. The Balaban J connectivity index is 1.41. The van der Waals surface area contributed by atoms with Gasteiger partial charge in [-0.1, -0.05) is 6.07 Å². The smallest absolute Gasteiger partial charge is 0.312 e. The van der Waals surface area contributed by atoms with E-state index in [0.717, 1.165) is 11.4 Å². The molecule has 0 saturated carbocycles. The zero-order valence-corrected chi connectivity index (χ0v) is 17.7. The number of aromatic amines is 1. The fraction of sp³-hybridized carbons (Fsp3) is 0.238. The number of nitrogens with zero attached hydrogens (tertiary/aromatic N) is 8. The van der Waals surface area contributed by atoms with Gasteiger partial charge in [0.15, 0.2) is 0 Å². The molecule has 0 unspecified atom stereocenters. The average molecular weight is 447 g/mol. The van der Waals surface area contributed by atoms with Gasteiger partial charge in [0.2, 0.25) is 5.95 Å². The second-order valence-corrected chi connectivity index (χ2v) is 7.85. The highest BCUT2D eigenvalue weighted by Crippen LogP contribution is 2.34. The maximum absolute atomic E-state index is 14.3. The molecule has 5 aromatic rings. The summed E-state index contributed by atoms with van der Waals surface area (Å²) in [5.41, 5.74) is 4.11. The highest BCUT2D eigenvalue weighted by Gasteiger charge is 2.38. The molecule has 33 heavy (non-hydrogen) atoms. The summed E-state index contributed by atoms with van der Waals surface area (Å²) in [5.74, 6) is -0.880. The van der Waals surface area contributed by atoms with Crippen molar-refractivity contribution in [3.63, 3.8) is 0 Å². The lowest BCUT2D eigenvalue weighted by Crippen LogP contribution is -2.41. The van der Waals surface area contributed by atoms with Crippen molar-refractivity contribution >= 4 is 11.4 Å². The Kier molecular flexibility index (Phi) is 4.15. The minimum atomic E-state index is -0.637. The van der Waals surface area contributed by atoms with E-state index in [-0.39, 0.29) is 11.8 Å². The van der Waals surface area contributed by atoms with Gasteiger partial charge in [-0.05, 0) is 25.1 Å². The number of amides is 1. The van der Waals surface area contributed by atoms with Crippen LogP contribution in [0.3, 0.4) is 0 Å². The van der Waals surface area contributed by atoms with Gasteiger partial charge in [0.25, 0.3) is 5.89 Å². The van der Waals surface area contributed by atoms with E-state index in [1.807, 2.05) is 6.92 Å². The third kappa shape index (κ3) is 2.94. The van der Waals surface area contributed by atoms with Crippen molar-refractivity contribution in [2.75, 3.05) is 6.54 Å². The summed E-state index contributed by atoms with van der Waals surface area (Å²) in [6.07, 6.45) is 3.77. The summed E-state index contributed by atoms with van der Waals surface area (Å²) in [4.78, 5) is 22.6. The Labute approximate surface area is 185 Å². The van der Waals surface area contributed by atoms with Crippen LogP contribution >= 0.6 is 0 Å². The molecule has 0 fully saturated rings. The molecule has 0 aromatic carbocycles. The molecule has 0 bridgehead atoms. The molecule has 0 radical (unpaired) electrons. The summed E-state index contributed by atoms with van der Waals surface area (Å²) < 4.78 is 22.9. The minimum absolute atomic E-state index is 0.146. The van der Waals surface area contributed by atoms with Gasteiger partial charge in [0.1, 0.15) is 6.04 Å². The molecule has 6 rings (SSSR count). The summed E-state index contributed by atoms with van der Waals surface area (Å²) in [5, 5.41) is 16.6. The van der Waals surface area contributed by atoms with Crippen LogP contribution in [-0.4, -0.2) is 56.9 Å². The third-order valence-electron chi connectivity index (χ3n) is 6.00. The highest BCUT2D eigenvalue weighted by molar-refractivity contribution is 5.90. The second kappa shape index (κ2) is 7.08. The first-order valence-corrected chi connectivity index (χ1v) is 10.3. The van der Waals surface area contributed by atoms with Crippen molar-refractivity contribution in [3.05, 3.63) is 71.4 Å². The summed E-state index contributed by atoms with van der Waals surface area (Å²) in [7, 11) is 1.80. The predicted octanol–water partition coefficient (Wildman–Crippen LogP) is 2.08. The largest absolute Gasteiger partial charge is 0.412 e. The van der Waals surface area contributed by atoms with E-state index in [1.54, 1.807) is 47.4 Å². The number of hydrogen-bond acceptors (Lipinski definition) is 7. The molecule has 0 saturated heterocycles. The zero-order valence-electron chi connectivity index (χ0n) is 17.7. The lowest BCUT2D eigenvalue weighted by molar-refractivity contribution is 0.0646. The molecule has 1 N–H and O–H groups in total. The van der Waals surface area contributed by atoms with Gasteiger partial charge in [0.05, 0.1) is 35.0 Å². The fourth-order valence-electron chi connectivity index (χ4n) is 4.18. The maximum atomic E-state index is 14.3. The number of aryl methyl sites for hydroxylation is 1. The lowest BCUT2D eigenvalue weighted by atomic mass is 9.99. The maximum Gasteiger partial charge on any atom is 0.312 e. The molecule has 1 atom stereocenters. The number of hydrogen-bond donors (Lipinski definition) is 1. The first-order valence-electron chi connectivity index (χ1n) is 10.3. The third-order valence-corrected chi connectivity index (χ3v) is 6.00. The Bertz CT molecular complexity index is 1510. The van der Waals surface area contributed by atoms with Crippen LogP contribution in [-0.2, 0) is 13.5 Å². The molecule has 11 nitrogen and oxygen atoms in total. The van der Waals surface area contributed by atoms with Crippen LogP contribution in [0, 0.1) is 12.9 Å². The number of carbonyl (C=O) groups is 1. The monoisotopic (exact) mass is 447 g/mol. The molecule has 1 aliphatic rings. The molecular formula is C21H18FN9O2. The van der Waals surface area contributed by atoms with E-state index in [2.05, 4.69) is 30.4 Å². The van der Waals surface area contributed by atoms with Crippen molar-refractivity contribution in [2.45, 2.75) is 19.4 Å². The van der Waals surface area contributed by atoms with E-state index in [9.17, 15) is 9.18 Å². The van der Waals surface area contributed by atoms with Crippen LogP contribution in [0.2, 0.25) is 0 Å². The number of imidazole rings is 1. The number of halogens is 1. The minimum Gasteiger partial charge on any atom is -0.412 e. The topological polar surface area (TPSA) is 123 Å². The van der Waals surface area contributed by atoms with Gasteiger partial charge in [-0.15, -0.1) is 10.2 Å². The molecule has 6 heterocycles. The van der Waals surface area contributed by atoms with Crippen LogP contribution in [0.4, 0.5) is 4.39 Å². The van der Waals surface area contributed by atoms with Crippen LogP contribution in [0.15, 0.2) is 41.2 Å². The van der Waals surface area contributed by atoms with Crippen molar-refractivity contribution in [1.29, 1.82) is 0 Å². The van der Waals surface area contributed by atoms with Gasteiger partial charge in [0, 0.05) is 31.4 Å². The Hall–Kier alpha value is -4.35. The van der Waals surface area contributed by atoms with E-state index < -0.39 is 17.9 Å². The second-order valence-electron chi connectivity index (χ2n) is 7.85. The Morgan fingerprint density at radius 2 is 2.18 bits per heavy atom. The van der Waals surface area contributed by atoms with Gasteiger partial charge in [-0.2, -0.15) is 14.6 Å². The van der Waals surface area contributed by atoms with E-state index >= 15 is 0 Å². The van der Waals surface area contributed by atoms with E-state index in [4.69, 9.17) is 4.42 Å². The lowest BCUT2D eigenvalue weighted by Gasteiger charge is -2.32. The fourth-order valence-corrected chi connectivity index (χ4v) is 4.18. The van der Waals surface area contributed by atoms with Crippen LogP contribution in [0.5, 0.6) is 0 Å². The van der Waals surface area contributed by atoms with Crippen LogP contribution < -0.4 is 0 Å². The summed E-state index contributed by atoms with van der Waals surface area (Å²) in [6.45, 7) is 2.25. The molecule has 5 aromatic heterocycles. The Morgan fingerprint density at radius 1 is 1.30 bits per heavy atom. The standard InChI is InChI=1S/C21H18FN9O2/c1-11-13(9-25-29(11)2)19-26-27-20(33-19)21(32)30-7-6-14-17(24-10-23-14)18(30)15-8-12-4-3-5-16(22)31(12)28-15/h3-5,8-10,18H,6-7H2,1-2H3,(H,23,24)/t18-/m0/s1. The van der Waals surface area contributed by atoms with Crippen molar-refractivity contribution in [3.8, 4) is 11.5 Å². The number of nitrogens with one attached hydrogen (secondary N) is 1. The molecule has 0 aliphatic carbocycles. The van der Waals surface area contributed by atoms with Crippen LogP contribution in [0.25, 0.3) is 17.0 Å². The van der Waals surface area contributed by atoms with Gasteiger partial charge in [-0.3, -0.25) is 9.48 Å². The molecule has 0 spiro atoms. The first kappa shape index (κ1) is 19.3. The van der Waals surface area contributed by atoms with Gasteiger partial charge >= 0.3 is 11.8 Å². The number of rotatable bonds is 3. The molecule has 12 heteroatoms. The number of aromatic nitrogens is 8. The normalized spacial score (nSPS) is 15.8. The van der Waals surface area contributed by atoms with Crippen molar-refractivity contribution < 1.29 is 13.6 Å². The quantitative estimate of drug-likeness (QED) is 0.420. The first-order chi connectivity index (χ1) is 16.0. The number of carbonyl (C=O) groups excluding carboxylic acids is 1. The number of H-pyrrole nitrogens is 1. The van der Waals surface area contributed by atoms with Gasteiger partial charge in [-0.25, -0.2) is 9.50 Å². The molecule has 1 aliphatic heterocycles. The molecule has 166 valence electrons. The number of pyridine rings is 1. The molecular weight excluding hydrogens is 429 g/mol. The van der Waals surface area contributed by atoms with E-state index in [0.29, 0.717) is 35.4 Å². The predicted molar refractivity (Wildman–Crippen MR) is 112 cm³/mol.